The molecule has 1 saturated heterocycles. The van der Waals surface area contributed by atoms with Crippen LogP contribution in [0.2, 0.25) is 5.02 Å². The van der Waals surface area contributed by atoms with Crippen molar-refractivity contribution in [3.63, 3.8) is 0 Å². The van der Waals surface area contributed by atoms with Crippen molar-refractivity contribution < 1.29 is 21.6 Å². The number of sulfonamides is 1. The predicted molar refractivity (Wildman–Crippen MR) is 81.9 cm³/mol. The quantitative estimate of drug-likeness (QED) is 0.886. The molecule has 0 spiro atoms. The van der Waals surface area contributed by atoms with Gasteiger partial charge in [0, 0.05) is 13.1 Å². The summed E-state index contributed by atoms with van der Waals surface area (Å²) >= 11 is 5.54. The molecule has 1 fully saturated rings. The van der Waals surface area contributed by atoms with Gasteiger partial charge in [-0.25, -0.2) is 8.42 Å². The normalized spacial score (nSPS) is 20.7. The smallest absolute Gasteiger partial charge is 0.319 e. The Bertz CT molecular complexity index is 662. The molecule has 130 valence electrons. The second-order valence-electron chi connectivity index (χ2n) is 5.57. The molecule has 0 radical (unpaired) electrons. The van der Waals surface area contributed by atoms with Crippen molar-refractivity contribution in [3.05, 3.63) is 28.8 Å². The van der Waals surface area contributed by atoms with Crippen LogP contribution in [0.4, 0.5) is 13.2 Å². The molecule has 9 heteroatoms. The molecule has 4 nitrogen and oxygen atoms in total. The molecule has 0 aromatic heterocycles. The minimum absolute atomic E-state index is 0.151. The van der Waals surface area contributed by atoms with E-state index in [-0.39, 0.29) is 10.8 Å². The van der Waals surface area contributed by atoms with E-state index in [1.165, 1.54) is 4.31 Å². The van der Waals surface area contributed by atoms with Gasteiger partial charge in [-0.2, -0.15) is 17.5 Å². The van der Waals surface area contributed by atoms with Crippen molar-refractivity contribution in [2.45, 2.75) is 23.9 Å². The first-order chi connectivity index (χ1) is 10.7. The summed E-state index contributed by atoms with van der Waals surface area (Å²) in [6.45, 7) is 1.28. The molecule has 2 rings (SSSR count). The van der Waals surface area contributed by atoms with Crippen LogP contribution in [0.3, 0.4) is 0 Å². The zero-order chi connectivity index (χ0) is 17.3. The van der Waals surface area contributed by atoms with Gasteiger partial charge < -0.3 is 5.32 Å². The summed E-state index contributed by atoms with van der Waals surface area (Å²) in [7, 11) is -2.19. The fourth-order valence-corrected chi connectivity index (χ4v) is 4.54. The van der Waals surface area contributed by atoms with Crippen LogP contribution in [0.25, 0.3) is 0 Å². The number of benzene rings is 1. The Hall–Kier alpha value is -0.830. The second-order valence-corrected chi connectivity index (χ2v) is 7.91. The lowest BCUT2D eigenvalue weighted by Crippen LogP contribution is -2.42. The third-order valence-corrected chi connectivity index (χ3v) is 6.05. The highest BCUT2D eigenvalue weighted by atomic mass is 35.5. The largest absolute Gasteiger partial charge is 0.417 e. The number of halogens is 4. The molecule has 1 aliphatic rings. The standard InChI is InChI=1S/C14H18ClF3N2O2S/c1-19-8-10-3-2-6-20(9-10)23(21,22)11-4-5-13(15)12(7-11)14(16,17)18/h4-5,7,10,19H,2-3,6,8-9H2,1H3. The summed E-state index contributed by atoms with van der Waals surface area (Å²) in [5.41, 5.74) is -1.14. The molecule has 0 bridgehead atoms. The number of rotatable bonds is 4. The first-order valence-corrected chi connectivity index (χ1v) is 8.99. The Balaban J connectivity index is 2.33. The van der Waals surface area contributed by atoms with Gasteiger partial charge in [-0.1, -0.05) is 11.6 Å². The van der Waals surface area contributed by atoms with E-state index >= 15 is 0 Å². The van der Waals surface area contributed by atoms with E-state index in [1.54, 1.807) is 7.05 Å². The summed E-state index contributed by atoms with van der Waals surface area (Å²) in [5, 5.41) is 2.49. The van der Waals surface area contributed by atoms with Crippen LogP contribution in [0.1, 0.15) is 18.4 Å². The average molecular weight is 371 g/mol. The third-order valence-electron chi connectivity index (χ3n) is 3.86. The van der Waals surface area contributed by atoms with Crippen molar-refractivity contribution >= 4 is 21.6 Å². The van der Waals surface area contributed by atoms with E-state index in [0.717, 1.165) is 18.6 Å². The van der Waals surface area contributed by atoms with E-state index in [9.17, 15) is 21.6 Å². The van der Waals surface area contributed by atoms with Gasteiger partial charge in [-0.3, -0.25) is 0 Å². The van der Waals surface area contributed by atoms with Gasteiger partial charge in [0.05, 0.1) is 15.5 Å². The molecule has 1 aromatic rings. The van der Waals surface area contributed by atoms with Crippen LogP contribution in [-0.4, -0.2) is 39.4 Å². The van der Waals surface area contributed by atoms with Crippen molar-refractivity contribution in [3.8, 4) is 0 Å². The lowest BCUT2D eigenvalue weighted by molar-refractivity contribution is -0.137. The predicted octanol–water partition coefficient (Wildman–Crippen LogP) is 2.98. The van der Waals surface area contributed by atoms with Gasteiger partial charge in [0.2, 0.25) is 10.0 Å². The zero-order valence-corrected chi connectivity index (χ0v) is 14.1. The lowest BCUT2D eigenvalue weighted by Gasteiger charge is -2.32. The number of nitrogens with one attached hydrogen (secondary N) is 1. The highest BCUT2D eigenvalue weighted by molar-refractivity contribution is 7.89. The Morgan fingerprint density at radius 3 is 2.70 bits per heavy atom. The number of hydrogen-bond donors (Lipinski definition) is 1. The summed E-state index contributed by atoms with van der Waals surface area (Å²) in [4.78, 5) is -0.376. The zero-order valence-electron chi connectivity index (χ0n) is 12.5. The van der Waals surface area contributed by atoms with Gasteiger partial charge in [0.15, 0.2) is 0 Å². The summed E-state index contributed by atoms with van der Waals surface area (Å²) in [6, 6.07) is 2.71. The van der Waals surface area contributed by atoms with Crippen molar-refractivity contribution in [1.82, 2.24) is 9.62 Å². The molecule has 0 amide bonds. The van der Waals surface area contributed by atoms with Crippen molar-refractivity contribution in [2.75, 3.05) is 26.7 Å². The van der Waals surface area contributed by atoms with E-state index in [1.807, 2.05) is 0 Å². The summed E-state index contributed by atoms with van der Waals surface area (Å²) in [5.74, 6) is 0.151. The van der Waals surface area contributed by atoms with Crippen LogP contribution >= 0.6 is 11.6 Å². The van der Waals surface area contributed by atoms with E-state index in [2.05, 4.69) is 5.32 Å². The maximum Gasteiger partial charge on any atom is 0.417 e. The minimum atomic E-state index is -4.70. The molecule has 23 heavy (non-hydrogen) atoms. The highest BCUT2D eigenvalue weighted by Crippen LogP contribution is 2.36. The molecular formula is C14H18ClF3N2O2S. The molecule has 1 aliphatic heterocycles. The first kappa shape index (κ1) is 18.5. The Kier molecular flexibility index (Phi) is 5.60. The SMILES string of the molecule is CNCC1CCCN(S(=O)(=O)c2ccc(Cl)c(C(F)(F)F)c2)C1. The first-order valence-electron chi connectivity index (χ1n) is 7.17. The highest BCUT2D eigenvalue weighted by Gasteiger charge is 2.36. The van der Waals surface area contributed by atoms with Crippen LogP contribution in [0.15, 0.2) is 23.1 Å². The topological polar surface area (TPSA) is 49.4 Å². The van der Waals surface area contributed by atoms with Gasteiger partial charge >= 0.3 is 6.18 Å². The molecule has 1 N–H and O–H groups in total. The van der Waals surface area contributed by atoms with Gasteiger partial charge in [0.1, 0.15) is 0 Å². The third kappa shape index (κ3) is 4.17. The Morgan fingerprint density at radius 1 is 1.39 bits per heavy atom. The maximum atomic E-state index is 12.9. The van der Waals surface area contributed by atoms with E-state index < -0.39 is 26.8 Å². The molecule has 1 heterocycles. The molecule has 0 saturated carbocycles. The van der Waals surface area contributed by atoms with E-state index in [4.69, 9.17) is 11.6 Å². The molecule has 0 aliphatic carbocycles. The maximum absolute atomic E-state index is 12.9. The number of alkyl halides is 3. The molecular weight excluding hydrogens is 353 g/mol. The Morgan fingerprint density at radius 2 is 2.09 bits per heavy atom. The number of piperidine rings is 1. The molecule has 1 unspecified atom stereocenters. The summed E-state index contributed by atoms with van der Waals surface area (Å²) in [6.07, 6.45) is -3.12. The Labute approximate surface area is 138 Å². The monoisotopic (exact) mass is 370 g/mol. The summed E-state index contributed by atoms with van der Waals surface area (Å²) < 4.78 is 65.3. The fourth-order valence-electron chi connectivity index (χ4n) is 2.73. The van der Waals surface area contributed by atoms with Crippen LogP contribution in [0.5, 0.6) is 0 Å². The second kappa shape index (κ2) is 6.96. The van der Waals surface area contributed by atoms with Crippen LogP contribution < -0.4 is 5.32 Å². The van der Waals surface area contributed by atoms with Crippen molar-refractivity contribution in [2.24, 2.45) is 5.92 Å². The number of nitrogens with zero attached hydrogens (tertiary/aromatic N) is 1. The fraction of sp³-hybridized carbons (Fsp3) is 0.571. The average Bonchev–Trinajstić information content (AvgIpc) is 2.47. The minimum Gasteiger partial charge on any atom is -0.319 e. The van der Waals surface area contributed by atoms with Crippen LogP contribution in [-0.2, 0) is 16.2 Å². The van der Waals surface area contributed by atoms with Gasteiger partial charge in [0.25, 0.3) is 0 Å². The molecule has 1 atom stereocenters. The van der Waals surface area contributed by atoms with Gasteiger partial charge in [-0.05, 0) is 50.6 Å². The number of hydrogen-bond acceptors (Lipinski definition) is 3. The van der Waals surface area contributed by atoms with Crippen LogP contribution in [0, 0.1) is 5.92 Å². The van der Waals surface area contributed by atoms with Gasteiger partial charge in [-0.15, -0.1) is 0 Å². The molecule has 1 aromatic carbocycles. The lowest BCUT2D eigenvalue weighted by atomic mass is 10.00. The van der Waals surface area contributed by atoms with E-state index in [0.29, 0.717) is 32.1 Å². The van der Waals surface area contributed by atoms with Crippen molar-refractivity contribution in [1.29, 1.82) is 0 Å².